The van der Waals surface area contributed by atoms with Gasteiger partial charge in [-0.1, -0.05) is 37.6 Å². The topological polar surface area (TPSA) is 92.3 Å². The summed E-state index contributed by atoms with van der Waals surface area (Å²) in [5.74, 6) is 0.947. The minimum Gasteiger partial charge on any atom is -0.493 e. The van der Waals surface area contributed by atoms with E-state index >= 15 is 0 Å². The molecular formula is C23H20ClN5O2. The van der Waals surface area contributed by atoms with E-state index in [1.165, 1.54) is 6.07 Å². The maximum Gasteiger partial charge on any atom is 0.260 e. The Hall–Kier alpha value is -3.63. The van der Waals surface area contributed by atoms with Gasteiger partial charge in [-0.2, -0.15) is 10.2 Å². The summed E-state index contributed by atoms with van der Waals surface area (Å²) in [5.41, 5.74) is 2.07. The highest BCUT2D eigenvalue weighted by molar-refractivity contribution is 6.31. The van der Waals surface area contributed by atoms with Gasteiger partial charge in [-0.25, -0.2) is 4.98 Å². The molecule has 31 heavy (non-hydrogen) atoms. The van der Waals surface area contributed by atoms with Gasteiger partial charge in [0.25, 0.3) is 5.91 Å². The van der Waals surface area contributed by atoms with Crippen LogP contribution in [0.5, 0.6) is 5.75 Å². The van der Waals surface area contributed by atoms with Crippen LogP contribution in [0.2, 0.25) is 5.02 Å². The second kappa shape index (κ2) is 8.62. The summed E-state index contributed by atoms with van der Waals surface area (Å²) >= 11 is 6.11. The number of ether oxygens (including phenoxy) is 1. The average molecular weight is 434 g/mol. The number of halogens is 1. The third-order valence-electron chi connectivity index (χ3n) is 4.79. The van der Waals surface area contributed by atoms with Gasteiger partial charge >= 0.3 is 0 Å². The number of benzene rings is 2. The van der Waals surface area contributed by atoms with E-state index in [9.17, 15) is 10.1 Å². The maximum atomic E-state index is 13.0. The highest BCUT2D eigenvalue weighted by Crippen LogP contribution is 2.26. The van der Waals surface area contributed by atoms with Crippen molar-refractivity contribution in [2.24, 2.45) is 5.92 Å². The molecule has 8 heteroatoms. The van der Waals surface area contributed by atoms with Crippen molar-refractivity contribution in [2.75, 3.05) is 11.9 Å². The number of hydrogen-bond acceptors (Lipinski definition) is 5. The molecule has 0 aliphatic rings. The average Bonchev–Trinajstić information content (AvgIpc) is 3.11. The molecule has 4 aromatic rings. The third kappa shape index (κ3) is 4.30. The van der Waals surface area contributed by atoms with Gasteiger partial charge in [0, 0.05) is 11.2 Å². The van der Waals surface area contributed by atoms with E-state index in [1.54, 1.807) is 22.7 Å². The van der Waals surface area contributed by atoms with E-state index in [0.29, 0.717) is 29.1 Å². The van der Waals surface area contributed by atoms with E-state index in [1.807, 2.05) is 24.3 Å². The molecule has 0 fully saturated rings. The first-order valence-corrected chi connectivity index (χ1v) is 10.3. The zero-order valence-electron chi connectivity index (χ0n) is 17.1. The summed E-state index contributed by atoms with van der Waals surface area (Å²) in [6.45, 7) is 4.68. The van der Waals surface area contributed by atoms with Crippen LogP contribution in [0.4, 0.5) is 5.82 Å². The van der Waals surface area contributed by atoms with Crippen LogP contribution in [0.1, 0.15) is 36.2 Å². The molecule has 0 saturated carbocycles. The van der Waals surface area contributed by atoms with Gasteiger partial charge in [-0.05, 0) is 42.7 Å². The van der Waals surface area contributed by atoms with Crippen molar-refractivity contribution in [1.82, 2.24) is 14.4 Å². The molecule has 2 aromatic heterocycles. The van der Waals surface area contributed by atoms with E-state index in [2.05, 4.69) is 35.2 Å². The predicted octanol–water partition coefficient (Wildman–Crippen LogP) is 5.08. The number of rotatable bonds is 6. The SMILES string of the molecule is CC(C)CCOc1ccc(Cl)cc1C(=O)Nc1nc2nc3ccccc3n2cc1C#N. The molecule has 156 valence electrons. The van der Waals surface area contributed by atoms with Crippen LogP contribution in [0.25, 0.3) is 16.8 Å². The largest absolute Gasteiger partial charge is 0.493 e. The van der Waals surface area contributed by atoms with Crippen LogP contribution in [-0.4, -0.2) is 26.9 Å². The number of nitriles is 1. The molecule has 2 aromatic carbocycles. The fourth-order valence-electron chi connectivity index (χ4n) is 3.15. The van der Waals surface area contributed by atoms with E-state index < -0.39 is 5.91 Å². The normalized spacial score (nSPS) is 11.1. The zero-order valence-corrected chi connectivity index (χ0v) is 17.8. The van der Waals surface area contributed by atoms with E-state index in [-0.39, 0.29) is 16.9 Å². The number of para-hydroxylation sites is 2. The van der Waals surface area contributed by atoms with Crippen LogP contribution in [0.3, 0.4) is 0 Å². The smallest absolute Gasteiger partial charge is 0.260 e. The Morgan fingerprint density at radius 1 is 1.26 bits per heavy atom. The van der Waals surface area contributed by atoms with Crippen molar-refractivity contribution in [2.45, 2.75) is 20.3 Å². The first kappa shape index (κ1) is 20.6. The molecule has 0 saturated heterocycles. The molecule has 0 radical (unpaired) electrons. The molecule has 0 aliphatic heterocycles. The Balaban J connectivity index is 1.67. The molecule has 0 aliphatic carbocycles. The van der Waals surface area contributed by atoms with Crippen LogP contribution < -0.4 is 10.1 Å². The van der Waals surface area contributed by atoms with Crippen molar-refractivity contribution in [3.8, 4) is 11.8 Å². The van der Waals surface area contributed by atoms with Crippen LogP contribution >= 0.6 is 11.6 Å². The fraction of sp³-hybridized carbons (Fsp3) is 0.217. The zero-order chi connectivity index (χ0) is 22.0. The number of amides is 1. The second-order valence-corrected chi connectivity index (χ2v) is 7.95. The summed E-state index contributed by atoms with van der Waals surface area (Å²) in [6, 6.07) is 14.5. The Labute approximate surface area is 184 Å². The fourth-order valence-corrected chi connectivity index (χ4v) is 3.32. The molecule has 0 unspecified atom stereocenters. The van der Waals surface area contributed by atoms with Gasteiger partial charge in [0.05, 0.1) is 23.2 Å². The van der Waals surface area contributed by atoms with Crippen LogP contribution in [0.15, 0.2) is 48.7 Å². The minimum atomic E-state index is -0.466. The Morgan fingerprint density at radius 2 is 2.06 bits per heavy atom. The number of fused-ring (bicyclic) bond motifs is 3. The van der Waals surface area contributed by atoms with Crippen molar-refractivity contribution in [3.05, 3.63) is 64.8 Å². The van der Waals surface area contributed by atoms with Gasteiger partial charge in [-0.3, -0.25) is 9.20 Å². The monoisotopic (exact) mass is 433 g/mol. The Bertz CT molecular complexity index is 1320. The number of nitrogens with one attached hydrogen (secondary N) is 1. The first-order valence-electron chi connectivity index (χ1n) is 9.88. The third-order valence-corrected chi connectivity index (χ3v) is 5.03. The molecule has 2 heterocycles. The Morgan fingerprint density at radius 3 is 2.84 bits per heavy atom. The molecule has 1 amide bonds. The Kier molecular flexibility index (Phi) is 5.74. The van der Waals surface area contributed by atoms with Gasteiger partial charge < -0.3 is 10.1 Å². The molecule has 0 bridgehead atoms. The molecule has 0 spiro atoms. The van der Waals surface area contributed by atoms with Gasteiger partial charge in [0.15, 0.2) is 5.82 Å². The summed E-state index contributed by atoms with van der Waals surface area (Å²) in [7, 11) is 0. The van der Waals surface area contributed by atoms with E-state index in [0.717, 1.165) is 17.5 Å². The van der Waals surface area contributed by atoms with E-state index in [4.69, 9.17) is 16.3 Å². The highest BCUT2D eigenvalue weighted by Gasteiger charge is 2.18. The van der Waals surface area contributed by atoms with Crippen molar-refractivity contribution in [1.29, 1.82) is 5.26 Å². The number of anilines is 1. The summed E-state index contributed by atoms with van der Waals surface area (Å²) in [4.78, 5) is 21.9. The quantitative estimate of drug-likeness (QED) is 0.457. The number of aromatic nitrogens is 3. The second-order valence-electron chi connectivity index (χ2n) is 7.51. The molecule has 1 N–H and O–H groups in total. The molecule has 7 nitrogen and oxygen atoms in total. The predicted molar refractivity (Wildman–Crippen MR) is 120 cm³/mol. The summed E-state index contributed by atoms with van der Waals surface area (Å²) < 4.78 is 7.53. The number of carbonyl (C=O) groups excluding carboxylic acids is 1. The van der Waals surface area contributed by atoms with Gasteiger partial charge in [0.1, 0.15) is 17.4 Å². The van der Waals surface area contributed by atoms with Crippen LogP contribution in [-0.2, 0) is 0 Å². The molecule has 4 rings (SSSR count). The maximum absolute atomic E-state index is 13.0. The standard InChI is InChI=1S/C23H20ClN5O2/c1-14(2)9-10-31-20-8-7-16(24)11-17(20)22(30)27-21-15(12-25)13-29-19-6-4-3-5-18(19)26-23(29)28-21/h3-8,11,13-14H,9-10H2,1-2H3,(H,26,27,28,30). The summed E-state index contributed by atoms with van der Waals surface area (Å²) in [5, 5.41) is 12.7. The van der Waals surface area contributed by atoms with Crippen molar-refractivity contribution >= 4 is 40.1 Å². The number of hydrogen-bond donors (Lipinski definition) is 1. The molecule has 0 atom stereocenters. The first-order chi connectivity index (χ1) is 15.0. The lowest BCUT2D eigenvalue weighted by atomic mass is 10.1. The van der Waals surface area contributed by atoms with Gasteiger partial charge in [0.2, 0.25) is 5.78 Å². The lowest BCUT2D eigenvalue weighted by molar-refractivity contribution is 0.102. The highest BCUT2D eigenvalue weighted by atomic mass is 35.5. The molecular weight excluding hydrogens is 414 g/mol. The lowest BCUT2D eigenvalue weighted by Crippen LogP contribution is -2.16. The number of nitrogens with zero attached hydrogens (tertiary/aromatic N) is 4. The van der Waals surface area contributed by atoms with Crippen molar-refractivity contribution in [3.63, 3.8) is 0 Å². The number of carbonyl (C=O) groups is 1. The minimum absolute atomic E-state index is 0.128. The lowest BCUT2D eigenvalue weighted by Gasteiger charge is -2.13. The van der Waals surface area contributed by atoms with Crippen LogP contribution in [0, 0.1) is 17.2 Å². The summed E-state index contributed by atoms with van der Waals surface area (Å²) in [6.07, 6.45) is 2.47. The van der Waals surface area contributed by atoms with Crippen molar-refractivity contribution < 1.29 is 9.53 Å². The van der Waals surface area contributed by atoms with Gasteiger partial charge in [-0.15, -0.1) is 0 Å². The number of imidazole rings is 1.